The third-order valence-corrected chi connectivity index (χ3v) is 5.48. The normalized spacial score (nSPS) is 12.1. The van der Waals surface area contributed by atoms with Crippen LogP contribution in [0.1, 0.15) is 34.2 Å². The Hall–Kier alpha value is -3.02. The van der Waals surface area contributed by atoms with E-state index in [1.807, 2.05) is 54.9 Å². The Morgan fingerprint density at radius 1 is 0.724 bits per heavy atom. The highest BCUT2D eigenvalue weighted by atomic mass is 35.5. The van der Waals surface area contributed by atoms with E-state index in [9.17, 15) is 0 Å². The number of halogens is 2. The van der Waals surface area contributed by atoms with Crippen LogP contribution in [0, 0.1) is 0 Å². The summed E-state index contributed by atoms with van der Waals surface area (Å²) in [5.41, 5.74) is 9.68. The topological polar surface area (TPSA) is 77.6 Å². The van der Waals surface area contributed by atoms with Crippen molar-refractivity contribution in [1.82, 2.24) is 19.9 Å². The molecule has 0 spiro atoms. The molecule has 0 saturated heterocycles. The van der Waals surface area contributed by atoms with Crippen LogP contribution in [0.4, 0.5) is 5.95 Å². The number of aromatic nitrogens is 4. The van der Waals surface area contributed by atoms with E-state index < -0.39 is 0 Å². The Labute approximate surface area is 178 Å². The van der Waals surface area contributed by atoms with Crippen molar-refractivity contribution in [3.05, 3.63) is 112 Å². The van der Waals surface area contributed by atoms with E-state index in [0.717, 1.165) is 22.4 Å². The number of pyridine rings is 2. The van der Waals surface area contributed by atoms with E-state index >= 15 is 0 Å². The first-order valence-electron chi connectivity index (χ1n) is 8.96. The summed E-state index contributed by atoms with van der Waals surface area (Å²) in [5.74, 6) is -0.115. The van der Waals surface area contributed by atoms with Gasteiger partial charge < -0.3 is 5.73 Å². The van der Waals surface area contributed by atoms with Crippen molar-refractivity contribution in [3.63, 3.8) is 0 Å². The quantitative estimate of drug-likeness (QED) is 0.483. The number of nitrogens with two attached hydrogens (primary N) is 1. The molecule has 0 aliphatic rings. The minimum atomic E-state index is -0.205. The lowest BCUT2D eigenvalue weighted by Gasteiger charge is -2.28. The Kier molecular flexibility index (Phi) is 5.69. The summed E-state index contributed by atoms with van der Waals surface area (Å²) in [6, 6.07) is 15.4. The molecular formula is C22H17Cl2N5. The van der Waals surface area contributed by atoms with Crippen LogP contribution in [0.5, 0.6) is 0 Å². The van der Waals surface area contributed by atoms with Crippen LogP contribution in [0.15, 0.2) is 79.5 Å². The molecule has 5 nitrogen and oxygen atoms in total. The van der Waals surface area contributed by atoms with Gasteiger partial charge in [-0.2, -0.15) is 0 Å². The van der Waals surface area contributed by atoms with Gasteiger partial charge in [0.2, 0.25) is 5.95 Å². The van der Waals surface area contributed by atoms with Crippen LogP contribution < -0.4 is 5.73 Å². The van der Waals surface area contributed by atoms with Gasteiger partial charge >= 0.3 is 0 Å². The van der Waals surface area contributed by atoms with Gasteiger partial charge in [-0.15, -0.1) is 0 Å². The number of anilines is 1. The van der Waals surface area contributed by atoms with E-state index in [2.05, 4.69) is 19.9 Å². The zero-order valence-corrected chi connectivity index (χ0v) is 16.8. The summed E-state index contributed by atoms with van der Waals surface area (Å²) in [4.78, 5) is 17.2. The Morgan fingerprint density at radius 3 is 1.97 bits per heavy atom. The summed E-state index contributed by atoms with van der Waals surface area (Å²) in [5, 5.41) is 0.975. The summed E-state index contributed by atoms with van der Waals surface area (Å²) < 4.78 is 0. The molecular weight excluding hydrogens is 405 g/mol. The predicted octanol–water partition coefficient (Wildman–Crippen LogP) is 5.12. The maximum absolute atomic E-state index is 6.36. The van der Waals surface area contributed by atoms with Crippen molar-refractivity contribution in [3.8, 4) is 0 Å². The Morgan fingerprint density at radius 2 is 1.41 bits per heavy atom. The monoisotopic (exact) mass is 421 g/mol. The van der Waals surface area contributed by atoms with E-state index in [0.29, 0.717) is 10.0 Å². The Bertz CT molecular complexity index is 1070. The predicted molar refractivity (Wildman–Crippen MR) is 115 cm³/mol. The molecule has 3 aromatic heterocycles. The maximum Gasteiger partial charge on any atom is 0.220 e. The van der Waals surface area contributed by atoms with Crippen molar-refractivity contribution in [1.29, 1.82) is 0 Å². The number of hydrogen-bond acceptors (Lipinski definition) is 5. The van der Waals surface area contributed by atoms with Gasteiger partial charge in [0.15, 0.2) is 0 Å². The van der Waals surface area contributed by atoms with Gasteiger partial charge in [-0.3, -0.25) is 9.97 Å². The van der Waals surface area contributed by atoms with E-state index in [4.69, 9.17) is 28.9 Å². The SMILES string of the molecule is Nc1nccc(C(c2ccc(Cl)c(Cl)c2)C(c2cccnc2)c2cccnc2)n1. The fourth-order valence-corrected chi connectivity index (χ4v) is 3.81. The summed E-state index contributed by atoms with van der Waals surface area (Å²) in [7, 11) is 0. The Balaban J connectivity index is 1.97. The zero-order valence-electron chi connectivity index (χ0n) is 15.3. The molecule has 1 unspecified atom stereocenters. The highest BCUT2D eigenvalue weighted by Crippen LogP contribution is 2.43. The molecule has 0 aliphatic carbocycles. The number of benzene rings is 1. The van der Waals surface area contributed by atoms with Crippen molar-refractivity contribution < 1.29 is 0 Å². The third-order valence-electron chi connectivity index (χ3n) is 4.74. The average Bonchev–Trinajstić information content (AvgIpc) is 2.75. The molecule has 1 aromatic carbocycles. The number of nitrogen functional groups attached to an aromatic ring is 1. The molecule has 4 rings (SSSR count). The summed E-state index contributed by atoms with van der Waals surface area (Å²) in [6.45, 7) is 0. The van der Waals surface area contributed by atoms with Gasteiger partial charge in [0.25, 0.3) is 0 Å². The van der Waals surface area contributed by atoms with Crippen LogP contribution in [0.3, 0.4) is 0 Å². The van der Waals surface area contributed by atoms with E-state index in [1.165, 1.54) is 0 Å². The molecule has 0 fully saturated rings. The van der Waals surface area contributed by atoms with Crippen LogP contribution in [-0.2, 0) is 0 Å². The molecule has 0 aliphatic heterocycles. The molecule has 4 aromatic rings. The van der Waals surface area contributed by atoms with Gasteiger partial charge in [0, 0.05) is 42.8 Å². The highest BCUT2D eigenvalue weighted by molar-refractivity contribution is 6.42. The lowest BCUT2D eigenvalue weighted by molar-refractivity contribution is 0.669. The number of rotatable bonds is 5. The lowest BCUT2D eigenvalue weighted by Crippen LogP contribution is -2.17. The molecule has 3 heterocycles. The third kappa shape index (κ3) is 4.21. The second-order valence-electron chi connectivity index (χ2n) is 6.54. The molecule has 7 heteroatoms. The van der Waals surface area contributed by atoms with Gasteiger partial charge in [-0.25, -0.2) is 9.97 Å². The zero-order chi connectivity index (χ0) is 20.2. The molecule has 2 N–H and O–H groups in total. The molecule has 0 bridgehead atoms. The summed E-state index contributed by atoms with van der Waals surface area (Å²) >= 11 is 12.5. The van der Waals surface area contributed by atoms with Crippen LogP contribution in [0.2, 0.25) is 10.0 Å². The molecule has 1 atom stereocenters. The van der Waals surface area contributed by atoms with Crippen LogP contribution >= 0.6 is 23.2 Å². The first-order valence-corrected chi connectivity index (χ1v) is 9.72. The minimum Gasteiger partial charge on any atom is -0.368 e. The fraction of sp³-hybridized carbons (Fsp3) is 0.0909. The van der Waals surface area contributed by atoms with Crippen LogP contribution in [0.25, 0.3) is 0 Å². The van der Waals surface area contributed by atoms with Crippen LogP contribution in [-0.4, -0.2) is 19.9 Å². The molecule has 29 heavy (non-hydrogen) atoms. The van der Waals surface area contributed by atoms with E-state index in [-0.39, 0.29) is 17.8 Å². The van der Waals surface area contributed by atoms with Crippen molar-refractivity contribution in [2.75, 3.05) is 5.73 Å². The lowest BCUT2D eigenvalue weighted by atomic mass is 9.76. The average molecular weight is 422 g/mol. The summed E-state index contributed by atoms with van der Waals surface area (Å²) in [6.07, 6.45) is 8.87. The first kappa shape index (κ1) is 19.3. The van der Waals surface area contributed by atoms with Crippen molar-refractivity contribution >= 4 is 29.2 Å². The van der Waals surface area contributed by atoms with E-state index in [1.54, 1.807) is 24.7 Å². The smallest absolute Gasteiger partial charge is 0.220 e. The van der Waals surface area contributed by atoms with Crippen molar-refractivity contribution in [2.45, 2.75) is 11.8 Å². The largest absolute Gasteiger partial charge is 0.368 e. The number of hydrogen-bond donors (Lipinski definition) is 1. The second kappa shape index (κ2) is 8.55. The standard InChI is InChI=1S/C22H17Cl2N5/c23-17-6-5-14(11-18(17)24)21(19-7-10-28-22(25)29-19)20(15-3-1-8-26-12-15)16-4-2-9-27-13-16/h1-13,20-21H,(H2,25,28,29). The maximum atomic E-state index is 6.36. The molecule has 0 saturated carbocycles. The second-order valence-corrected chi connectivity index (χ2v) is 7.36. The molecule has 144 valence electrons. The van der Waals surface area contributed by atoms with Crippen molar-refractivity contribution in [2.24, 2.45) is 0 Å². The minimum absolute atomic E-state index is 0.121. The van der Waals surface area contributed by atoms with Gasteiger partial charge in [-0.1, -0.05) is 41.4 Å². The van der Waals surface area contributed by atoms with Gasteiger partial charge in [0.1, 0.15) is 0 Å². The molecule has 0 amide bonds. The highest BCUT2D eigenvalue weighted by Gasteiger charge is 2.30. The first-order chi connectivity index (χ1) is 14.1. The van der Waals surface area contributed by atoms with Gasteiger partial charge in [-0.05, 0) is 47.0 Å². The number of nitrogens with zero attached hydrogens (tertiary/aromatic N) is 4. The van der Waals surface area contributed by atoms with Gasteiger partial charge in [0.05, 0.1) is 15.7 Å². The fourth-order valence-electron chi connectivity index (χ4n) is 3.50. The molecule has 0 radical (unpaired) electrons.